The number of hydrogen-bond acceptors (Lipinski definition) is 1. The predicted molar refractivity (Wildman–Crippen MR) is 68.0 cm³/mol. The molecule has 16 heavy (non-hydrogen) atoms. The van der Waals surface area contributed by atoms with Crippen molar-refractivity contribution < 1.29 is 4.39 Å². The molecule has 0 aromatic heterocycles. The van der Waals surface area contributed by atoms with E-state index in [1.807, 2.05) is 13.1 Å². The molecular weight excluding hydrogens is 269 g/mol. The third-order valence-corrected chi connectivity index (χ3v) is 4.28. The van der Waals surface area contributed by atoms with Crippen LogP contribution in [0.1, 0.15) is 24.8 Å². The van der Waals surface area contributed by atoms with Gasteiger partial charge in [-0.2, -0.15) is 0 Å². The number of benzene rings is 1. The molecule has 0 saturated heterocycles. The third-order valence-electron chi connectivity index (χ3n) is 3.55. The number of rotatable bonds is 4. The predicted octanol–water partition coefficient (Wildman–Crippen LogP) is 3.52. The Kier molecular flexibility index (Phi) is 3.65. The van der Waals surface area contributed by atoms with Gasteiger partial charge in [-0.25, -0.2) is 4.39 Å². The van der Waals surface area contributed by atoms with E-state index in [0.717, 1.165) is 17.4 Å². The van der Waals surface area contributed by atoms with Crippen molar-refractivity contribution in [2.24, 2.45) is 5.41 Å². The Hall–Kier alpha value is -0.410. The van der Waals surface area contributed by atoms with Crippen LogP contribution < -0.4 is 5.32 Å². The van der Waals surface area contributed by atoms with E-state index in [1.165, 1.54) is 24.8 Å². The van der Waals surface area contributed by atoms with Gasteiger partial charge in [0.1, 0.15) is 5.82 Å². The Morgan fingerprint density at radius 1 is 1.44 bits per heavy atom. The van der Waals surface area contributed by atoms with Crippen molar-refractivity contribution in [2.75, 3.05) is 13.6 Å². The molecule has 0 spiro atoms. The first-order valence-corrected chi connectivity index (χ1v) is 6.53. The average Bonchev–Trinajstić information content (AvgIpc) is 2.18. The molecule has 0 heterocycles. The average molecular weight is 286 g/mol. The van der Waals surface area contributed by atoms with Crippen LogP contribution in [0.4, 0.5) is 4.39 Å². The molecule has 1 aliphatic carbocycles. The summed E-state index contributed by atoms with van der Waals surface area (Å²) >= 11 is 3.44. The minimum Gasteiger partial charge on any atom is -0.319 e. The molecule has 0 bridgehead atoms. The van der Waals surface area contributed by atoms with Gasteiger partial charge in [0.2, 0.25) is 0 Å². The maximum absolute atomic E-state index is 13.0. The molecule has 1 nitrogen and oxygen atoms in total. The van der Waals surface area contributed by atoms with Crippen LogP contribution >= 0.6 is 15.9 Å². The van der Waals surface area contributed by atoms with Gasteiger partial charge >= 0.3 is 0 Å². The fourth-order valence-electron chi connectivity index (χ4n) is 2.54. The summed E-state index contributed by atoms with van der Waals surface area (Å²) in [6.07, 6.45) is 4.91. The molecule has 2 rings (SSSR count). The second kappa shape index (κ2) is 4.84. The van der Waals surface area contributed by atoms with Crippen LogP contribution in [0.25, 0.3) is 0 Å². The highest BCUT2D eigenvalue weighted by Crippen LogP contribution is 2.44. The lowest BCUT2D eigenvalue weighted by molar-refractivity contribution is 0.133. The minimum absolute atomic E-state index is 0.174. The molecule has 1 aromatic carbocycles. The number of nitrogens with one attached hydrogen (secondary N) is 1. The summed E-state index contributed by atoms with van der Waals surface area (Å²) in [6, 6.07) is 5.00. The van der Waals surface area contributed by atoms with E-state index in [0.29, 0.717) is 5.41 Å². The Labute approximate surface area is 105 Å². The van der Waals surface area contributed by atoms with Gasteiger partial charge in [-0.1, -0.05) is 28.4 Å². The fraction of sp³-hybridized carbons (Fsp3) is 0.538. The van der Waals surface area contributed by atoms with Gasteiger partial charge in [0.25, 0.3) is 0 Å². The molecule has 1 aliphatic rings. The van der Waals surface area contributed by atoms with E-state index >= 15 is 0 Å². The van der Waals surface area contributed by atoms with Crippen molar-refractivity contribution >= 4 is 15.9 Å². The van der Waals surface area contributed by atoms with E-state index in [4.69, 9.17) is 0 Å². The highest BCUT2D eigenvalue weighted by molar-refractivity contribution is 9.10. The minimum atomic E-state index is -0.174. The van der Waals surface area contributed by atoms with Crippen molar-refractivity contribution in [2.45, 2.75) is 25.7 Å². The zero-order valence-corrected chi connectivity index (χ0v) is 11.1. The van der Waals surface area contributed by atoms with Crippen molar-refractivity contribution in [1.29, 1.82) is 0 Å². The van der Waals surface area contributed by atoms with Crippen LogP contribution in [0.5, 0.6) is 0 Å². The summed E-state index contributed by atoms with van der Waals surface area (Å²) in [5, 5.41) is 3.27. The van der Waals surface area contributed by atoms with E-state index in [1.54, 1.807) is 12.1 Å². The topological polar surface area (TPSA) is 12.0 Å². The number of hydrogen-bond donors (Lipinski definition) is 1. The van der Waals surface area contributed by atoms with E-state index in [2.05, 4.69) is 21.2 Å². The van der Waals surface area contributed by atoms with Crippen molar-refractivity contribution in [3.05, 3.63) is 34.1 Å². The normalized spacial score (nSPS) is 18.2. The molecule has 1 saturated carbocycles. The quantitative estimate of drug-likeness (QED) is 0.893. The summed E-state index contributed by atoms with van der Waals surface area (Å²) in [7, 11) is 2.00. The molecule has 1 aromatic rings. The largest absolute Gasteiger partial charge is 0.319 e. The monoisotopic (exact) mass is 285 g/mol. The van der Waals surface area contributed by atoms with E-state index in [9.17, 15) is 4.39 Å². The summed E-state index contributed by atoms with van der Waals surface area (Å²) in [5.74, 6) is -0.174. The summed E-state index contributed by atoms with van der Waals surface area (Å²) in [4.78, 5) is 0. The SMILES string of the molecule is CNCC1(Cc2ccc(F)cc2Br)CCC1. The first kappa shape index (κ1) is 12.1. The summed E-state index contributed by atoms with van der Waals surface area (Å²) < 4.78 is 13.9. The van der Waals surface area contributed by atoms with Gasteiger partial charge in [-0.3, -0.25) is 0 Å². The maximum atomic E-state index is 13.0. The van der Waals surface area contributed by atoms with Gasteiger partial charge in [0.15, 0.2) is 0 Å². The van der Waals surface area contributed by atoms with Gasteiger partial charge in [0.05, 0.1) is 0 Å². The van der Waals surface area contributed by atoms with Crippen LogP contribution in [0.3, 0.4) is 0 Å². The lowest BCUT2D eigenvalue weighted by atomic mass is 9.65. The van der Waals surface area contributed by atoms with Gasteiger partial charge in [0, 0.05) is 11.0 Å². The third kappa shape index (κ3) is 2.46. The Bertz CT molecular complexity index is 374. The molecule has 1 N–H and O–H groups in total. The lowest BCUT2D eigenvalue weighted by Gasteiger charge is -2.42. The molecule has 88 valence electrons. The lowest BCUT2D eigenvalue weighted by Crippen LogP contribution is -2.40. The highest BCUT2D eigenvalue weighted by Gasteiger charge is 2.36. The maximum Gasteiger partial charge on any atom is 0.124 e. The molecule has 0 aliphatic heterocycles. The fourth-order valence-corrected chi connectivity index (χ4v) is 3.03. The van der Waals surface area contributed by atoms with Gasteiger partial charge in [-0.15, -0.1) is 0 Å². The van der Waals surface area contributed by atoms with Crippen molar-refractivity contribution in [1.82, 2.24) is 5.32 Å². The van der Waals surface area contributed by atoms with E-state index in [-0.39, 0.29) is 5.82 Å². The van der Waals surface area contributed by atoms with Crippen LogP contribution in [0.15, 0.2) is 22.7 Å². The molecule has 3 heteroatoms. The first-order valence-electron chi connectivity index (χ1n) is 5.74. The molecule has 0 unspecified atom stereocenters. The van der Waals surface area contributed by atoms with Crippen LogP contribution in [0.2, 0.25) is 0 Å². The smallest absolute Gasteiger partial charge is 0.124 e. The second-order valence-corrected chi connectivity index (χ2v) is 5.65. The Morgan fingerprint density at radius 2 is 2.19 bits per heavy atom. The van der Waals surface area contributed by atoms with Gasteiger partial charge < -0.3 is 5.32 Å². The van der Waals surface area contributed by atoms with E-state index < -0.39 is 0 Å². The molecular formula is C13H17BrFN. The molecule has 0 radical (unpaired) electrons. The van der Waals surface area contributed by atoms with Crippen molar-refractivity contribution in [3.8, 4) is 0 Å². The second-order valence-electron chi connectivity index (χ2n) is 4.80. The molecule has 0 atom stereocenters. The molecule has 1 fully saturated rings. The summed E-state index contributed by atoms with van der Waals surface area (Å²) in [6.45, 7) is 1.05. The van der Waals surface area contributed by atoms with Crippen LogP contribution in [-0.2, 0) is 6.42 Å². The highest BCUT2D eigenvalue weighted by atomic mass is 79.9. The van der Waals surface area contributed by atoms with Gasteiger partial charge in [-0.05, 0) is 49.4 Å². The number of halogens is 2. The standard InChI is InChI=1S/C13H17BrFN/c1-16-9-13(5-2-6-13)8-10-3-4-11(15)7-12(10)14/h3-4,7,16H,2,5-6,8-9H2,1H3. The molecule has 0 amide bonds. The van der Waals surface area contributed by atoms with Crippen molar-refractivity contribution in [3.63, 3.8) is 0 Å². The summed E-state index contributed by atoms with van der Waals surface area (Å²) in [5.41, 5.74) is 1.62. The van der Waals surface area contributed by atoms with Crippen LogP contribution in [0, 0.1) is 11.2 Å². The zero-order valence-electron chi connectivity index (χ0n) is 9.52. The van der Waals surface area contributed by atoms with Crippen LogP contribution in [-0.4, -0.2) is 13.6 Å². The Morgan fingerprint density at radius 3 is 2.69 bits per heavy atom. The zero-order chi connectivity index (χ0) is 11.6. The first-order chi connectivity index (χ1) is 7.65. The Balaban J connectivity index is 2.13.